The first kappa shape index (κ1) is 29.1. The van der Waals surface area contributed by atoms with Gasteiger partial charge >= 0.3 is 18.1 Å². The lowest BCUT2D eigenvalue weighted by atomic mass is 10.0. The molecule has 196 valence electrons. The van der Waals surface area contributed by atoms with Crippen molar-refractivity contribution in [2.45, 2.75) is 51.2 Å². The lowest BCUT2D eigenvalue weighted by Gasteiger charge is -2.16. The fraction of sp³-hybridized carbons (Fsp3) is 0.400. The Morgan fingerprint density at radius 3 is 2.11 bits per heavy atom. The van der Waals surface area contributed by atoms with Crippen LogP contribution in [-0.2, 0) is 29.0 Å². The van der Waals surface area contributed by atoms with Gasteiger partial charge in [0.05, 0.1) is 30.0 Å². The van der Waals surface area contributed by atoms with Gasteiger partial charge in [0.2, 0.25) is 0 Å². The number of carbonyl (C=O) groups excluding carboxylic acids is 1. The second-order valence-corrected chi connectivity index (χ2v) is 8.59. The van der Waals surface area contributed by atoms with Crippen molar-refractivity contribution < 1.29 is 37.8 Å². The lowest BCUT2D eigenvalue weighted by molar-refractivity contribution is -0.143. The molecule has 0 radical (unpaired) electrons. The first-order chi connectivity index (χ1) is 17.0. The van der Waals surface area contributed by atoms with E-state index in [1.54, 1.807) is 24.3 Å². The average molecular weight is 529 g/mol. The summed E-state index contributed by atoms with van der Waals surface area (Å²) < 4.78 is 36.8. The highest BCUT2D eigenvalue weighted by molar-refractivity contribution is 6.33. The Bertz CT molecular complexity index is 1040. The highest BCUT2D eigenvalue weighted by Gasteiger charge is 2.28. The Hall–Kier alpha value is -3.11. The van der Waals surface area contributed by atoms with Gasteiger partial charge in [-0.05, 0) is 48.7 Å². The van der Waals surface area contributed by atoms with Crippen molar-refractivity contribution in [3.8, 4) is 0 Å². The SMILES string of the molecule is O=C(CCC(F)(F)F)c1ccc(CNc2c(Cl)ccc3c2CCNCC3)cc1.O=C(O)CCC(=O)O. The standard InChI is InChI=1S/C21H22ClF3N2O.C4H6O4/c22-18-6-5-15-8-11-26-12-9-17(15)20(18)27-13-14-1-3-16(4-2-14)19(28)7-10-21(23,24)25;5-3(6)1-2-4(7)8/h1-6,26-27H,7-13H2;1-2H2,(H,5,6)(H,7,8). The van der Waals surface area contributed by atoms with Crippen LogP contribution in [0.5, 0.6) is 0 Å². The summed E-state index contributed by atoms with van der Waals surface area (Å²) in [6.45, 7) is 2.36. The van der Waals surface area contributed by atoms with Crippen LogP contribution in [0, 0.1) is 0 Å². The number of anilines is 1. The van der Waals surface area contributed by atoms with Crippen molar-refractivity contribution in [3.63, 3.8) is 0 Å². The minimum absolute atomic E-state index is 0.296. The van der Waals surface area contributed by atoms with Gasteiger partial charge in [-0.25, -0.2) is 0 Å². The van der Waals surface area contributed by atoms with E-state index >= 15 is 0 Å². The third-order valence-corrected chi connectivity index (χ3v) is 5.73. The summed E-state index contributed by atoms with van der Waals surface area (Å²) in [5.74, 6) is -2.65. The smallest absolute Gasteiger partial charge is 0.389 e. The van der Waals surface area contributed by atoms with Crippen molar-refractivity contribution in [3.05, 3.63) is 63.7 Å². The molecule has 1 aliphatic rings. The van der Waals surface area contributed by atoms with Gasteiger partial charge in [-0.1, -0.05) is 41.9 Å². The maximum atomic E-state index is 12.3. The Kier molecular flexibility index (Phi) is 11.2. The van der Waals surface area contributed by atoms with Gasteiger partial charge < -0.3 is 20.8 Å². The zero-order valence-electron chi connectivity index (χ0n) is 19.5. The molecule has 2 aromatic rings. The molecular formula is C25H28ClF3N2O5. The Balaban J connectivity index is 0.000000493. The number of rotatable bonds is 9. The maximum absolute atomic E-state index is 12.3. The number of hydrogen-bond acceptors (Lipinski definition) is 5. The highest BCUT2D eigenvalue weighted by Crippen LogP contribution is 2.31. The van der Waals surface area contributed by atoms with Crippen LogP contribution in [0.2, 0.25) is 5.02 Å². The van der Waals surface area contributed by atoms with Crippen molar-refractivity contribution >= 4 is 35.0 Å². The molecule has 2 aromatic carbocycles. The number of nitrogens with one attached hydrogen (secondary N) is 2. The molecular weight excluding hydrogens is 501 g/mol. The number of aliphatic carboxylic acids is 2. The minimum Gasteiger partial charge on any atom is -0.481 e. The number of halogens is 4. The van der Waals surface area contributed by atoms with Crippen LogP contribution in [-0.4, -0.2) is 47.2 Å². The summed E-state index contributed by atoms with van der Waals surface area (Å²) in [5.41, 5.74) is 4.64. The molecule has 4 N–H and O–H groups in total. The molecule has 0 saturated heterocycles. The molecule has 0 unspecified atom stereocenters. The highest BCUT2D eigenvalue weighted by atomic mass is 35.5. The molecule has 7 nitrogen and oxygen atoms in total. The second kappa shape index (κ2) is 13.8. The Morgan fingerprint density at radius 1 is 0.917 bits per heavy atom. The van der Waals surface area contributed by atoms with Crippen LogP contribution in [0.25, 0.3) is 0 Å². The summed E-state index contributed by atoms with van der Waals surface area (Å²) in [5, 5.41) is 23.2. The molecule has 0 atom stereocenters. The number of fused-ring (bicyclic) bond motifs is 1. The van der Waals surface area contributed by atoms with Crippen LogP contribution in [0.1, 0.15) is 52.7 Å². The van der Waals surface area contributed by atoms with E-state index in [2.05, 4.69) is 16.7 Å². The predicted octanol–water partition coefficient (Wildman–Crippen LogP) is 5.10. The van der Waals surface area contributed by atoms with Crippen molar-refractivity contribution in [2.75, 3.05) is 18.4 Å². The molecule has 0 spiro atoms. The molecule has 36 heavy (non-hydrogen) atoms. The fourth-order valence-corrected chi connectivity index (χ4v) is 3.79. The molecule has 1 aliphatic heterocycles. The monoisotopic (exact) mass is 528 g/mol. The molecule has 0 amide bonds. The zero-order chi connectivity index (χ0) is 26.7. The van der Waals surface area contributed by atoms with Crippen molar-refractivity contribution in [2.24, 2.45) is 0 Å². The first-order valence-electron chi connectivity index (χ1n) is 11.3. The van der Waals surface area contributed by atoms with Gasteiger partial charge in [0.15, 0.2) is 5.78 Å². The van der Waals surface area contributed by atoms with Crippen molar-refractivity contribution in [1.82, 2.24) is 5.32 Å². The van der Waals surface area contributed by atoms with E-state index in [4.69, 9.17) is 21.8 Å². The first-order valence-corrected chi connectivity index (χ1v) is 11.7. The predicted molar refractivity (Wildman–Crippen MR) is 130 cm³/mol. The molecule has 0 aliphatic carbocycles. The summed E-state index contributed by atoms with van der Waals surface area (Å²) >= 11 is 6.40. The van der Waals surface area contributed by atoms with E-state index in [-0.39, 0.29) is 12.8 Å². The summed E-state index contributed by atoms with van der Waals surface area (Å²) in [6.07, 6.45) is -4.68. The maximum Gasteiger partial charge on any atom is 0.389 e. The summed E-state index contributed by atoms with van der Waals surface area (Å²) in [7, 11) is 0. The van der Waals surface area contributed by atoms with Gasteiger partial charge in [-0.2, -0.15) is 13.2 Å². The number of carbonyl (C=O) groups is 3. The second-order valence-electron chi connectivity index (χ2n) is 8.19. The Labute approximate surface area is 211 Å². The van der Waals surface area contributed by atoms with Crippen molar-refractivity contribution in [1.29, 1.82) is 0 Å². The summed E-state index contributed by atoms with van der Waals surface area (Å²) in [4.78, 5) is 31.2. The molecule has 3 rings (SSSR count). The fourth-order valence-electron chi connectivity index (χ4n) is 3.55. The number of ketones is 1. The van der Waals surface area contributed by atoms with E-state index in [1.165, 1.54) is 11.1 Å². The van der Waals surface area contributed by atoms with Crippen LogP contribution < -0.4 is 10.6 Å². The number of carboxylic acids is 2. The quantitative estimate of drug-likeness (QED) is 0.335. The number of hydrogen-bond donors (Lipinski definition) is 4. The molecule has 0 fully saturated rings. The molecule has 1 heterocycles. The molecule has 11 heteroatoms. The van der Waals surface area contributed by atoms with Crippen LogP contribution in [0.4, 0.5) is 18.9 Å². The minimum atomic E-state index is -4.32. The van der Waals surface area contributed by atoms with E-state index in [0.29, 0.717) is 17.1 Å². The van der Waals surface area contributed by atoms with Gasteiger partial charge in [0.1, 0.15) is 0 Å². The normalized spacial score (nSPS) is 13.0. The number of alkyl halides is 3. The van der Waals surface area contributed by atoms with E-state index in [0.717, 1.165) is 37.2 Å². The number of benzene rings is 2. The number of Topliss-reactive ketones (excluding diaryl/α,β-unsaturated/α-hetero) is 1. The van der Waals surface area contributed by atoms with Crippen LogP contribution in [0.15, 0.2) is 36.4 Å². The van der Waals surface area contributed by atoms with E-state index in [1.807, 2.05) is 6.07 Å². The topological polar surface area (TPSA) is 116 Å². The average Bonchev–Trinajstić information content (AvgIpc) is 3.06. The lowest BCUT2D eigenvalue weighted by Crippen LogP contribution is -2.16. The Morgan fingerprint density at radius 2 is 1.53 bits per heavy atom. The number of carboxylic acid groups (broad SMARTS) is 2. The van der Waals surface area contributed by atoms with Gasteiger partial charge in [0.25, 0.3) is 0 Å². The van der Waals surface area contributed by atoms with Gasteiger partial charge in [0, 0.05) is 18.5 Å². The van der Waals surface area contributed by atoms with Crippen LogP contribution >= 0.6 is 11.6 Å². The van der Waals surface area contributed by atoms with Crippen LogP contribution in [0.3, 0.4) is 0 Å². The van der Waals surface area contributed by atoms with Gasteiger partial charge in [-0.3, -0.25) is 14.4 Å². The zero-order valence-corrected chi connectivity index (χ0v) is 20.2. The summed E-state index contributed by atoms with van der Waals surface area (Å²) in [6, 6.07) is 10.6. The molecule has 0 bridgehead atoms. The van der Waals surface area contributed by atoms with E-state index in [9.17, 15) is 27.6 Å². The third-order valence-electron chi connectivity index (χ3n) is 5.42. The van der Waals surface area contributed by atoms with Gasteiger partial charge in [-0.15, -0.1) is 0 Å². The third kappa shape index (κ3) is 10.2. The molecule has 0 aromatic heterocycles. The molecule has 0 saturated carbocycles. The largest absolute Gasteiger partial charge is 0.481 e. The van der Waals surface area contributed by atoms with E-state index < -0.39 is 36.7 Å².